The summed E-state index contributed by atoms with van der Waals surface area (Å²) >= 11 is 3.34. The van der Waals surface area contributed by atoms with Crippen molar-refractivity contribution in [3.8, 4) is 0 Å². The second-order valence-corrected chi connectivity index (χ2v) is 7.20. The van der Waals surface area contributed by atoms with Gasteiger partial charge in [0.25, 0.3) is 0 Å². The summed E-state index contributed by atoms with van der Waals surface area (Å²) in [6, 6.07) is 4.87. The maximum atomic E-state index is 13.5. The van der Waals surface area contributed by atoms with Gasteiger partial charge in [0.15, 0.2) is 0 Å². The lowest BCUT2D eigenvalue weighted by atomic mass is 9.73. The second-order valence-electron chi connectivity index (χ2n) is 6.29. The molecule has 3 unspecified atom stereocenters. The average molecular weight is 358 g/mol. The van der Waals surface area contributed by atoms with E-state index < -0.39 is 0 Å². The third-order valence-corrected chi connectivity index (χ3v) is 4.93. The van der Waals surface area contributed by atoms with Gasteiger partial charge in [0.2, 0.25) is 0 Å². The van der Waals surface area contributed by atoms with E-state index in [2.05, 4.69) is 22.9 Å². The highest BCUT2D eigenvalue weighted by molar-refractivity contribution is 9.10. The molecule has 0 saturated heterocycles. The molecule has 0 bridgehead atoms. The summed E-state index contributed by atoms with van der Waals surface area (Å²) in [7, 11) is 0. The molecule has 0 aromatic heterocycles. The molecule has 3 atom stereocenters. The maximum absolute atomic E-state index is 13.5. The van der Waals surface area contributed by atoms with E-state index in [1.807, 2.05) is 13.0 Å². The number of benzene rings is 1. The highest BCUT2D eigenvalue weighted by atomic mass is 79.9. The Balaban J connectivity index is 2.16. The fourth-order valence-corrected chi connectivity index (χ4v) is 4.09. The van der Waals surface area contributed by atoms with Crippen LogP contribution in [0.15, 0.2) is 22.7 Å². The molecule has 2 nitrogen and oxygen atoms in total. The predicted molar refractivity (Wildman–Crippen MR) is 87.8 cm³/mol. The van der Waals surface area contributed by atoms with Crippen LogP contribution in [0.3, 0.4) is 0 Å². The number of hydrogen-bond acceptors (Lipinski definition) is 2. The van der Waals surface area contributed by atoms with Gasteiger partial charge in [-0.2, -0.15) is 0 Å². The van der Waals surface area contributed by atoms with E-state index in [4.69, 9.17) is 10.5 Å². The van der Waals surface area contributed by atoms with E-state index in [9.17, 15) is 4.39 Å². The molecule has 2 N–H and O–H groups in total. The van der Waals surface area contributed by atoms with Gasteiger partial charge in [-0.3, -0.25) is 0 Å². The molecule has 1 aromatic carbocycles. The van der Waals surface area contributed by atoms with Crippen LogP contribution in [0, 0.1) is 11.7 Å². The monoisotopic (exact) mass is 357 g/mol. The summed E-state index contributed by atoms with van der Waals surface area (Å²) in [6.07, 6.45) is 5.04. The van der Waals surface area contributed by atoms with E-state index in [1.54, 1.807) is 6.07 Å². The molecule has 118 valence electrons. The Morgan fingerprint density at radius 1 is 1.48 bits per heavy atom. The van der Waals surface area contributed by atoms with Gasteiger partial charge in [-0.05, 0) is 55.9 Å². The highest BCUT2D eigenvalue weighted by Crippen LogP contribution is 2.38. The number of hydrogen-bond donors (Lipinski definition) is 1. The molecule has 1 saturated carbocycles. The van der Waals surface area contributed by atoms with E-state index in [0.717, 1.165) is 29.3 Å². The summed E-state index contributed by atoms with van der Waals surface area (Å²) in [5, 5.41) is 0. The molecule has 2 rings (SSSR count). The molecular weight excluding hydrogens is 333 g/mol. The molecule has 1 aromatic rings. The first-order valence-corrected chi connectivity index (χ1v) is 8.59. The van der Waals surface area contributed by atoms with Crippen molar-refractivity contribution in [3.05, 3.63) is 34.1 Å². The Labute approximate surface area is 135 Å². The molecule has 0 spiro atoms. The van der Waals surface area contributed by atoms with Gasteiger partial charge in [-0.1, -0.05) is 35.7 Å². The van der Waals surface area contributed by atoms with E-state index in [1.165, 1.54) is 12.5 Å². The smallest absolute Gasteiger partial charge is 0.124 e. The van der Waals surface area contributed by atoms with Crippen molar-refractivity contribution in [2.45, 2.75) is 57.6 Å². The number of ether oxygens (including phenoxy) is 1. The van der Waals surface area contributed by atoms with E-state index in [0.29, 0.717) is 18.9 Å². The van der Waals surface area contributed by atoms with Gasteiger partial charge in [-0.15, -0.1) is 0 Å². The molecule has 0 heterocycles. The Hall–Kier alpha value is -0.450. The van der Waals surface area contributed by atoms with Crippen LogP contribution in [-0.2, 0) is 11.2 Å². The minimum atomic E-state index is -0.259. The molecule has 1 fully saturated rings. The van der Waals surface area contributed by atoms with Crippen LogP contribution in [0.2, 0.25) is 0 Å². The molecule has 0 amide bonds. The number of rotatable bonds is 5. The lowest BCUT2D eigenvalue weighted by Crippen LogP contribution is -2.53. The summed E-state index contributed by atoms with van der Waals surface area (Å²) in [6.45, 7) is 4.96. The molecule has 0 radical (unpaired) electrons. The van der Waals surface area contributed by atoms with Crippen molar-refractivity contribution in [3.63, 3.8) is 0 Å². The zero-order valence-electron chi connectivity index (χ0n) is 12.9. The zero-order chi connectivity index (χ0) is 15.5. The summed E-state index contributed by atoms with van der Waals surface area (Å²) in [4.78, 5) is 0. The van der Waals surface area contributed by atoms with Crippen LogP contribution in [-0.4, -0.2) is 18.2 Å². The highest BCUT2D eigenvalue weighted by Gasteiger charge is 2.40. The third kappa shape index (κ3) is 4.27. The van der Waals surface area contributed by atoms with Crippen LogP contribution in [0.25, 0.3) is 0 Å². The third-order valence-electron chi connectivity index (χ3n) is 4.48. The molecule has 4 heteroatoms. The number of halogens is 2. The predicted octanol–water partition coefficient (Wildman–Crippen LogP) is 4.44. The zero-order valence-corrected chi connectivity index (χ0v) is 14.5. The summed E-state index contributed by atoms with van der Waals surface area (Å²) in [5.41, 5.74) is 7.17. The van der Waals surface area contributed by atoms with Crippen molar-refractivity contribution in [1.29, 1.82) is 0 Å². The Bertz CT molecular complexity index is 458. The fourth-order valence-electron chi connectivity index (χ4n) is 3.57. The van der Waals surface area contributed by atoms with Gasteiger partial charge in [-0.25, -0.2) is 4.39 Å². The molecule has 21 heavy (non-hydrogen) atoms. The summed E-state index contributed by atoms with van der Waals surface area (Å²) < 4.78 is 20.4. The van der Waals surface area contributed by atoms with E-state index >= 15 is 0 Å². The van der Waals surface area contributed by atoms with Crippen molar-refractivity contribution < 1.29 is 9.13 Å². The van der Waals surface area contributed by atoms with Gasteiger partial charge in [0.05, 0.1) is 5.60 Å². The minimum Gasteiger partial charge on any atom is -0.374 e. The van der Waals surface area contributed by atoms with Crippen molar-refractivity contribution >= 4 is 15.9 Å². The minimum absolute atomic E-state index is 0.103. The first kappa shape index (κ1) is 16.9. The SMILES string of the molecule is CCOC1(C(N)Cc2cc(F)cc(Br)c2)CCCC(C)C1. The van der Waals surface area contributed by atoms with E-state index in [-0.39, 0.29) is 17.5 Å². The first-order valence-electron chi connectivity index (χ1n) is 7.79. The maximum Gasteiger partial charge on any atom is 0.124 e. The fraction of sp³-hybridized carbons (Fsp3) is 0.647. The normalized spacial score (nSPS) is 27.6. The Morgan fingerprint density at radius 2 is 2.24 bits per heavy atom. The Kier molecular flexibility index (Phi) is 5.81. The quantitative estimate of drug-likeness (QED) is 0.844. The van der Waals surface area contributed by atoms with Crippen LogP contribution in [0.1, 0.15) is 45.1 Å². The topological polar surface area (TPSA) is 35.2 Å². The molecular formula is C17H25BrFNO. The van der Waals surface area contributed by atoms with Gasteiger partial charge < -0.3 is 10.5 Å². The number of nitrogens with two attached hydrogens (primary N) is 1. The lowest BCUT2D eigenvalue weighted by Gasteiger charge is -2.44. The second kappa shape index (κ2) is 7.21. The van der Waals surface area contributed by atoms with Crippen LogP contribution >= 0.6 is 15.9 Å². The molecule has 1 aliphatic carbocycles. The molecule has 0 aliphatic heterocycles. The van der Waals surface area contributed by atoms with Crippen LogP contribution in [0.4, 0.5) is 4.39 Å². The van der Waals surface area contributed by atoms with Gasteiger partial charge in [0.1, 0.15) is 5.82 Å². The molecule has 1 aliphatic rings. The largest absolute Gasteiger partial charge is 0.374 e. The standard InChI is InChI=1S/C17H25BrFNO/c1-3-21-17(6-4-5-12(2)11-17)16(20)9-13-7-14(18)10-15(19)8-13/h7-8,10,12,16H,3-6,9,11,20H2,1-2H3. The summed E-state index contributed by atoms with van der Waals surface area (Å²) in [5.74, 6) is 0.407. The van der Waals surface area contributed by atoms with Crippen molar-refractivity contribution in [2.24, 2.45) is 11.7 Å². The Morgan fingerprint density at radius 3 is 2.86 bits per heavy atom. The lowest BCUT2D eigenvalue weighted by molar-refractivity contribution is -0.0925. The first-order chi connectivity index (χ1) is 9.95. The average Bonchev–Trinajstić information content (AvgIpc) is 2.37. The van der Waals surface area contributed by atoms with Crippen LogP contribution < -0.4 is 5.73 Å². The van der Waals surface area contributed by atoms with Gasteiger partial charge >= 0.3 is 0 Å². The van der Waals surface area contributed by atoms with Gasteiger partial charge in [0, 0.05) is 17.1 Å². The van der Waals surface area contributed by atoms with Crippen LogP contribution in [0.5, 0.6) is 0 Å². The van der Waals surface area contributed by atoms with Crippen molar-refractivity contribution in [1.82, 2.24) is 0 Å². The van der Waals surface area contributed by atoms with Crippen molar-refractivity contribution in [2.75, 3.05) is 6.61 Å².